The molecule has 0 spiro atoms. The Morgan fingerprint density at radius 3 is 2.42 bits per heavy atom. The first-order chi connectivity index (χ1) is 8.89. The number of hydrogen-bond donors (Lipinski definition) is 0. The second-order valence-corrected chi connectivity index (χ2v) is 8.52. The molecule has 0 saturated carbocycles. The molecule has 0 aliphatic carbocycles. The van der Waals surface area contributed by atoms with Crippen molar-refractivity contribution in [1.82, 2.24) is 4.31 Å². The van der Waals surface area contributed by atoms with Crippen LogP contribution in [0.3, 0.4) is 0 Å². The standard InChI is InChI=1S/C11H10Br2ClNO3S/c12-8(5-14)9(13)6-15-11(16)7-3-1-2-4-10(7)19(15,17)18/h1-4,8-9H,5-6H2. The van der Waals surface area contributed by atoms with E-state index in [0.29, 0.717) is 5.88 Å². The van der Waals surface area contributed by atoms with Crippen molar-refractivity contribution < 1.29 is 13.2 Å². The molecule has 0 radical (unpaired) electrons. The zero-order chi connectivity index (χ0) is 14.2. The molecule has 1 aliphatic rings. The van der Waals surface area contributed by atoms with Gasteiger partial charge in [-0.15, -0.1) is 11.6 Å². The van der Waals surface area contributed by atoms with Crippen molar-refractivity contribution in [3.05, 3.63) is 29.8 Å². The van der Waals surface area contributed by atoms with E-state index >= 15 is 0 Å². The lowest BCUT2D eigenvalue weighted by Gasteiger charge is -2.21. The number of hydrogen-bond acceptors (Lipinski definition) is 3. The average molecular weight is 432 g/mol. The second kappa shape index (κ2) is 5.71. The van der Waals surface area contributed by atoms with E-state index in [-0.39, 0.29) is 26.7 Å². The minimum Gasteiger partial charge on any atom is -0.268 e. The fourth-order valence-electron chi connectivity index (χ4n) is 1.78. The Morgan fingerprint density at radius 1 is 1.21 bits per heavy atom. The van der Waals surface area contributed by atoms with Crippen LogP contribution in [0.25, 0.3) is 0 Å². The van der Waals surface area contributed by atoms with Gasteiger partial charge in [0.1, 0.15) is 4.90 Å². The molecule has 1 heterocycles. The number of sulfonamides is 1. The van der Waals surface area contributed by atoms with E-state index in [9.17, 15) is 13.2 Å². The molecule has 0 bridgehead atoms. The van der Waals surface area contributed by atoms with Crippen LogP contribution in [0, 0.1) is 0 Å². The van der Waals surface area contributed by atoms with Crippen LogP contribution in [0.4, 0.5) is 0 Å². The topological polar surface area (TPSA) is 54.5 Å². The summed E-state index contributed by atoms with van der Waals surface area (Å²) in [6.45, 7) is 0.0402. The smallest absolute Gasteiger partial charge is 0.268 e. The van der Waals surface area contributed by atoms with Crippen LogP contribution in [-0.2, 0) is 10.0 Å². The molecule has 0 saturated heterocycles. The Kier molecular flexibility index (Phi) is 4.59. The predicted octanol–water partition coefficient (Wildman–Crippen LogP) is 2.60. The second-order valence-electron chi connectivity index (χ2n) is 4.02. The fourth-order valence-corrected chi connectivity index (χ4v) is 4.64. The molecule has 0 N–H and O–H groups in total. The minimum absolute atomic E-state index is 0.0402. The van der Waals surface area contributed by atoms with Gasteiger partial charge in [-0.25, -0.2) is 12.7 Å². The molecule has 4 nitrogen and oxygen atoms in total. The van der Waals surface area contributed by atoms with Gasteiger partial charge in [0.25, 0.3) is 15.9 Å². The summed E-state index contributed by atoms with van der Waals surface area (Å²) in [5.41, 5.74) is 0.221. The van der Waals surface area contributed by atoms with Gasteiger partial charge in [-0.05, 0) is 12.1 Å². The number of nitrogens with zero attached hydrogens (tertiary/aromatic N) is 1. The van der Waals surface area contributed by atoms with E-state index in [0.717, 1.165) is 4.31 Å². The molecule has 104 valence electrons. The quantitative estimate of drug-likeness (QED) is 0.689. The average Bonchev–Trinajstić information content (AvgIpc) is 2.59. The van der Waals surface area contributed by atoms with E-state index < -0.39 is 15.9 Å². The molecule has 1 aromatic carbocycles. The summed E-state index contributed by atoms with van der Waals surface area (Å²) in [7, 11) is -3.74. The molecule has 2 atom stereocenters. The molecule has 19 heavy (non-hydrogen) atoms. The SMILES string of the molecule is O=C1c2ccccc2S(=O)(=O)N1CC(Br)C(Br)CCl. The third-order valence-corrected chi connectivity index (χ3v) is 7.90. The van der Waals surface area contributed by atoms with Crippen molar-refractivity contribution in [2.24, 2.45) is 0 Å². The monoisotopic (exact) mass is 429 g/mol. The molecule has 0 aromatic heterocycles. The van der Waals surface area contributed by atoms with Gasteiger partial charge in [0.2, 0.25) is 0 Å². The summed E-state index contributed by atoms with van der Waals surface area (Å²) in [6.07, 6.45) is 0. The Morgan fingerprint density at radius 2 is 1.84 bits per heavy atom. The Bertz CT molecular complexity index is 608. The summed E-state index contributed by atoms with van der Waals surface area (Å²) < 4.78 is 25.4. The van der Waals surface area contributed by atoms with Crippen molar-refractivity contribution in [2.45, 2.75) is 14.5 Å². The van der Waals surface area contributed by atoms with Gasteiger partial charge in [-0.3, -0.25) is 4.79 Å². The first-order valence-corrected chi connectivity index (χ1v) is 9.20. The van der Waals surface area contributed by atoms with Gasteiger partial charge in [-0.2, -0.15) is 0 Å². The molecule has 0 fully saturated rings. The van der Waals surface area contributed by atoms with Gasteiger partial charge < -0.3 is 0 Å². The number of carbonyl (C=O) groups is 1. The predicted molar refractivity (Wildman–Crippen MR) is 80.8 cm³/mol. The van der Waals surface area contributed by atoms with Crippen LogP contribution < -0.4 is 0 Å². The van der Waals surface area contributed by atoms with Crippen molar-refractivity contribution in [2.75, 3.05) is 12.4 Å². The maximum Gasteiger partial charge on any atom is 0.269 e. The van der Waals surface area contributed by atoms with Crippen LogP contribution in [0.2, 0.25) is 0 Å². The van der Waals surface area contributed by atoms with Gasteiger partial charge in [-0.1, -0.05) is 44.0 Å². The third-order valence-electron chi connectivity index (χ3n) is 2.79. The number of rotatable bonds is 4. The lowest BCUT2D eigenvalue weighted by Crippen LogP contribution is -2.38. The Labute approximate surface area is 133 Å². The molecule has 2 rings (SSSR count). The molecule has 2 unspecified atom stereocenters. The third kappa shape index (κ3) is 2.70. The normalized spacial score (nSPS) is 20.2. The summed E-state index contributed by atoms with van der Waals surface area (Å²) in [6, 6.07) is 6.21. The maximum atomic E-state index is 12.3. The van der Waals surface area contributed by atoms with E-state index in [1.165, 1.54) is 12.1 Å². The largest absolute Gasteiger partial charge is 0.269 e. The van der Waals surface area contributed by atoms with E-state index in [1.807, 2.05) is 0 Å². The zero-order valence-corrected chi connectivity index (χ0v) is 14.3. The van der Waals surface area contributed by atoms with Gasteiger partial charge in [0.15, 0.2) is 0 Å². The first-order valence-electron chi connectivity index (χ1n) is 5.39. The van der Waals surface area contributed by atoms with Crippen LogP contribution in [0.1, 0.15) is 10.4 Å². The van der Waals surface area contributed by atoms with Crippen LogP contribution >= 0.6 is 43.5 Å². The van der Waals surface area contributed by atoms with Gasteiger partial charge in [0, 0.05) is 15.5 Å². The molecule has 1 amide bonds. The summed E-state index contributed by atoms with van der Waals surface area (Å²) >= 11 is 12.4. The van der Waals surface area contributed by atoms with E-state index in [4.69, 9.17) is 11.6 Å². The summed E-state index contributed by atoms with van der Waals surface area (Å²) in [5.74, 6) is -0.181. The maximum absolute atomic E-state index is 12.3. The van der Waals surface area contributed by atoms with Crippen LogP contribution in [-0.4, -0.2) is 40.7 Å². The minimum atomic E-state index is -3.74. The first kappa shape index (κ1) is 15.3. The molecule has 1 aliphatic heterocycles. The molecular weight excluding hydrogens is 421 g/mol. The van der Waals surface area contributed by atoms with Crippen molar-refractivity contribution >= 4 is 59.4 Å². The van der Waals surface area contributed by atoms with Crippen LogP contribution in [0.5, 0.6) is 0 Å². The summed E-state index contributed by atoms with van der Waals surface area (Å²) in [5, 5.41) is 0. The van der Waals surface area contributed by atoms with E-state index in [1.54, 1.807) is 12.1 Å². The van der Waals surface area contributed by atoms with Crippen molar-refractivity contribution in [1.29, 1.82) is 0 Å². The number of halogens is 3. The zero-order valence-electron chi connectivity index (χ0n) is 9.59. The highest BCUT2D eigenvalue weighted by Crippen LogP contribution is 2.31. The van der Waals surface area contributed by atoms with Crippen LogP contribution in [0.15, 0.2) is 29.2 Å². The summed E-state index contributed by atoms with van der Waals surface area (Å²) in [4.78, 5) is 11.8. The number of alkyl halides is 3. The van der Waals surface area contributed by atoms with Gasteiger partial charge in [0.05, 0.1) is 12.1 Å². The Hall–Kier alpha value is -0.110. The fraction of sp³-hybridized carbons (Fsp3) is 0.364. The number of carbonyl (C=O) groups excluding carboxylic acids is 1. The lowest BCUT2D eigenvalue weighted by atomic mass is 10.2. The van der Waals surface area contributed by atoms with Gasteiger partial charge >= 0.3 is 0 Å². The number of fused-ring (bicyclic) bond motifs is 1. The highest BCUT2D eigenvalue weighted by molar-refractivity contribution is 9.12. The highest BCUT2D eigenvalue weighted by Gasteiger charge is 2.42. The van der Waals surface area contributed by atoms with Crippen molar-refractivity contribution in [3.8, 4) is 0 Å². The van der Waals surface area contributed by atoms with Crippen molar-refractivity contribution in [3.63, 3.8) is 0 Å². The van der Waals surface area contributed by atoms with E-state index in [2.05, 4.69) is 31.9 Å². The lowest BCUT2D eigenvalue weighted by molar-refractivity contribution is 0.0872. The highest BCUT2D eigenvalue weighted by atomic mass is 79.9. The number of amides is 1. The molecule has 1 aromatic rings. The Balaban J connectivity index is 2.33. The molecule has 8 heteroatoms. The number of benzene rings is 1. The molecular formula is C11H10Br2ClNO3S.